The minimum atomic E-state index is -0.330. The van der Waals surface area contributed by atoms with Crippen molar-refractivity contribution in [2.24, 2.45) is 0 Å². The number of rotatable bonds is 1. The lowest BCUT2D eigenvalue weighted by atomic mass is 10.1. The van der Waals surface area contributed by atoms with Gasteiger partial charge in [-0.15, -0.1) is 0 Å². The maximum absolute atomic E-state index is 10.8. The van der Waals surface area contributed by atoms with Crippen LogP contribution >= 0.6 is 22.6 Å². The summed E-state index contributed by atoms with van der Waals surface area (Å²) in [5, 5.41) is 2.73. The largest absolute Gasteiger partial charge is 0.447 e. The van der Waals surface area contributed by atoms with Crippen LogP contribution in [-0.2, 0) is 4.74 Å². The van der Waals surface area contributed by atoms with E-state index >= 15 is 0 Å². The molecule has 1 aromatic carbocycles. The van der Waals surface area contributed by atoms with Crippen molar-refractivity contribution in [3.8, 4) is 0 Å². The zero-order chi connectivity index (χ0) is 9.26. The molecule has 68 valence electrons. The lowest BCUT2D eigenvalue weighted by molar-refractivity contribution is 0.177. The van der Waals surface area contributed by atoms with Crippen LogP contribution in [0.5, 0.6) is 0 Å². The summed E-state index contributed by atoms with van der Waals surface area (Å²) in [6.45, 7) is 0.430. The standard InChI is InChI=1S/C9H8INO2/c10-7-3-1-6(2-4-7)8-5-13-9(12)11-8/h1-4,8H,5H2,(H,11,12). The molecule has 0 spiro atoms. The van der Waals surface area contributed by atoms with Crippen molar-refractivity contribution >= 4 is 28.7 Å². The van der Waals surface area contributed by atoms with Gasteiger partial charge in [-0.05, 0) is 40.3 Å². The van der Waals surface area contributed by atoms with E-state index < -0.39 is 0 Å². The number of carbonyl (C=O) groups excluding carboxylic acids is 1. The fraction of sp³-hybridized carbons (Fsp3) is 0.222. The summed E-state index contributed by atoms with van der Waals surface area (Å²) >= 11 is 2.25. The number of halogens is 1. The van der Waals surface area contributed by atoms with E-state index in [-0.39, 0.29) is 12.1 Å². The number of hydrogen-bond donors (Lipinski definition) is 1. The molecule has 0 radical (unpaired) electrons. The number of hydrogen-bond acceptors (Lipinski definition) is 2. The first kappa shape index (κ1) is 8.80. The van der Waals surface area contributed by atoms with Crippen LogP contribution in [0.25, 0.3) is 0 Å². The van der Waals surface area contributed by atoms with Crippen LogP contribution in [0.4, 0.5) is 4.79 Å². The van der Waals surface area contributed by atoms with Crippen molar-refractivity contribution in [2.75, 3.05) is 6.61 Å². The molecule has 13 heavy (non-hydrogen) atoms. The van der Waals surface area contributed by atoms with E-state index in [9.17, 15) is 4.79 Å². The number of alkyl carbamates (subject to hydrolysis) is 1. The Labute approximate surface area is 89.6 Å². The number of ether oxygens (including phenoxy) is 1. The van der Waals surface area contributed by atoms with Crippen molar-refractivity contribution in [1.29, 1.82) is 0 Å². The van der Waals surface area contributed by atoms with Crippen LogP contribution < -0.4 is 5.32 Å². The van der Waals surface area contributed by atoms with Crippen LogP contribution in [0.3, 0.4) is 0 Å². The summed E-state index contributed by atoms with van der Waals surface area (Å²) in [4.78, 5) is 10.8. The first-order valence-electron chi connectivity index (χ1n) is 3.94. The van der Waals surface area contributed by atoms with Gasteiger partial charge in [0.2, 0.25) is 0 Å². The summed E-state index contributed by atoms with van der Waals surface area (Å²) < 4.78 is 5.98. The Morgan fingerprint density at radius 1 is 1.38 bits per heavy atom. The van der Waals surface area contributed by atoms with Gasteiger partial charge in [-0.3, -0.25) is 0 Å². The van der Waals surface area contributed by atoms with Gasteiger partial charge in [0.15, 0.2) is 0 Å². The molecular formula is C9H8INO2. The van der Waals surface area contributed by atoms with Gasteiger partial charge in [-0.1, -0.05) is 12.1 Å². The summed E-state index contributed by atoms with van der Waals surface area (Å²) in [5.74, 6) is 0. The predicted octanol–water partition coefficient (Wildman–Crippen LogP) is 2.07. The summed E-state index contributed by atoms with van der Waals surface area (Å²) in [6.07, 6.45) is -0.330. The van der Waals surface area contributed by atoms with E-state index in [1.807, 2.05) is 24.3 Å². The van der Waals surface area contributed by atoms with Crippen molar-refractivity contribution < 1.29 is 9.53 Å². The Bertz CT molecular complexity index is 323. The highest BCUT2D eigenvalue weighted by atomic mass is 127. The summed E-state index contributed by atoms with van der Waals surface area (Å²) in [6, 6.07) is 8.05. The molecule has 0 saturated carbocycles. The molecule has 1 aliphatic rings. The molecule has 4 heteroatoms. The average molecular weight is 289 g/mol. The number of carbonyl (C=O) groups is 1. The van der Waals surface area contributed by atoms with Crippen molar-refractivity contribution in [2.45, 2.75) is 6.04 Å². The van der Waals surface area contributed by atoms with E-state index in [1.165, 1.54) is 3.57 Å². The summed E-state index contributed by atoms with van der Waals surface area (Å²) in [7, 11) is 0. The van der Waals surface area contributed by atoms with Gasteiger partial charge in [-0.2, -0.15) is 0 Å². The molecule has 0 aromatic heterocycles. The zero-order valence-corrected chi connectivity index (χ0v) is 8.95. The van der Waals surface area contributed by atoms with Crippen molar-refractivity contribution in [3.05, 3.63) is 33.4 Å². The van der Waals surface area contributed by atoms with Crippen LogP contribution in [-0.4, -0.2) is 12.7 Å². The second-order valence-electron chi connectivity index (χ2n) is 2.85. The van der Waals surface area contributed by atoms with E-state index in [4.69, 9.17) is 4.74 Å². The fourth-order valence-corrected chi connectivity index (χ4v) is 1.62. The lowest BCUT2D eigenvalue weighted by Crippen LogP contribution is -2.18. The first-order valence-corrected chi connectivity index (χ1v) is 5.02. The van der Waals surface area contributed by atoms with Gasteiger partial charge in [0.25, 0.3) is 0 Å². The zero-order valence-electron chi connectivity index (χ0n) is 6.79. The molecule has 2 rings (SSSR count). The molecule has 1 unspecified atom stereocenters. The van der Waals surface area contributed by atoms with Gasteiger partial charge in [0, 0.05) is 3.57 Å². The molecule has 1 amide bonds. The Hall–Kier alpha value is -0.780. The number of amides is 1. The first-order chi connectivity index (χ1) is 6.25. The van der Waals surface area contributed by atoms with E-state index in [0.29, 0.717) is 6.61 Å². The molecule has 1 heterocycles. The molecule has 3 nitrogen and oxygen atoms in total. The number of nitrogens with one attached hydrogen (secondary N) is 1. The fourth-order valence-electron chi connectivity index (χ4n) is 1.26. The maximum Gasteiger partial charge on any atom is 0.407 e. The highest BCUT2D eigenvalue weighted by Gasteiger charge is 2.23. The molecule has 1 atom stereocenters. The molecule has 1 fully saturated rings. The second kappa shape index (κ2) is 3.53. The molecule has 0 bridgehead atoms. The van der Waals surface area contributed by atoms with Gasteiger partial charge in [0.1, 0.15) is 6.61 Å². The summed E-state index contributed by atoms with van der Waals surface area (Å²) in [5.41, 5.74) is 1.09. The van der Waals surface area contributed by atoms with Gasteiger partial charge in [-0.25, -0.2) is 4.79 Å². The van der Waals surface area contributed by atoms with Crippen LogP contribution in [0, 0.1) is 3.57 Å². The number of benzene rings is 1. The maximum atomic E-state index is 10.8. The minimum absolute atomic E-state index is 0.0181. The normalized spacial score (nSPS) is 21.0. The van der Waals surface area contributed by atoms with Gasteiger partial charge < -0.3 is 10.1 Å². The second-order valence-corrected chi connectivity index (χ2v) is 4.09. The quantitative estimate of drug-likeness (QED) is 0.804. The smallest absolute Gasteiger partial charge is 0.407 e. The van der Waals surface area contributed by atoms with Gasteiger partial charge in [0.05, 0.1) is 6.04 Å². The SMILES string of the molecule is O=C1NC(c2ccc(I)cc2)CO1. The average Bonchev–Trinajstić information content (AvgIpc) is 2.53. The lowest BCUT2D eigenvalue weighted by Gasteiger charge is -2.06. The molecule has 0 aliphatic carbocycles. The van der Waals surface area contributed by atoms with Crippen LogP contribution in [0.1, 0.15) is 11.6 Å². The van der Waals surface area contributed by atoms with E-state index in [2.05, 4.69) is 27.9 Å². The highest BCUT2D eigenvalue weighted by molar-refractivity contribution is 14.1. The van der Waals surface area contributed by atoms with Crippen LogP contribution in [0.15, 0.2) is 24.3 Å². The molecule has 1 aliphatic heterocycles. The topological polar surface area (TPSA) is 38.3 Å². The number of cyclic esters (lactones) is 1. The third-order valence-electron chi connectivity index (χ3n) is 1.95. The highest BCUT2D eigenvalue weighted by Crippen LogP contribution is 2.18. The third kappa shape index (κ3) is 1.93. The van der Waals surface area contributed by atoms with Crippen molar-refractivity contribution in [1.82, 2.24) is 5.32 Å². The third-order valence-corrected chi connectivity index (χ3v) is 2.66. The Balaban J connectivity index is 2.17. The van der Waals surface area contributed by atoms with Crippen LogP contribution in [0.2, 0.25) is 0 Å². The Morgan fingerprint density at radius 3 is 2.62 bits per heavy atom. The molecule has 1 N–H and O–H groups in total. The monoisotopic (exact) mass is 289 g/mol. The predicted molar refractivity (Wildman–Crippen MR) is 56.4 cm³/mol. The Morgan fingerprint density at radius 2 is 2.08 bits per heavy atom. The molecular weight excluding hydrogens is 281 g/mol. The molecule has 1 aromatic rings. The van der Waals surface area contributed by atoms with Crippen molar-refractivity contribution in [3.63, 3.8) is 0 Å². The van der Waals surface area contributed by atoms with E-state index in [0.717, 1.165) is 5.56 Å². The molecule has 1 saturated heterocycles. The Kier molecular flexibility index (Phi) is 2.39. The van der Waals surface area contributed by atoms with Gasteiger partial charge >= 0.3 is 6.09 Å². The minimum Gasteiger partial charge on any atom is -0.447 e. The van der Waals surface area contributed by atoms with E-state index in [1.54, 1.807) is 0 Å².